The van der Waals surface area contributed by atoms with Gasteiger partial charge in [-0.3, -0.25) is 4.79 Å². The smallest absolute Gasteiger partial charge is 0.223 e. The highest BCUT2D eigenvalue weighted by atomic mass is 35.5. The molecule has 23 heavy (non-hydrogen) atoms. The number of nitrogens with one attached hydrogen (secondary N) is 1. The molecule has 0 radical (unpaired) electrons. The molecular weight excluding hydrogens is 314 g/mol. The number of piperazine rings is 1. The van der Waals surface area contributed by atoms with Crippen LogP contribution in [-0.4, -0.2) is 41.5 Å². The number of aryl methyl sites for hydroxylation is 1. The first kappa shape index (κ1) is 16.0. The first-order valence-electron chi connectivity index (χ1n) is 7.85. The van der Waals surface area contributed by atoms with Gasteiger partial charge in [0.15, 0.2) is 11.7 Å². The third kappa shape index (κ3) is 3.74. The first-order chi connectivity index (χ1) is 11.1. The minimum Gasteiger partial charge on any atom is -0.441 e. The summed E-state index contributed by atoms with van der Waals surface area (Å²) in [6.45, 7) is 4.52. The Kier molecular flexibility index (Phi) is 4.98. The van der Waals surface area contributed by atoms with Crippen LogP contribution in [0.25, 0.3) is 11.3 Å². The highest BCUT2D eigenvalue weighted by Gasteiger charge is 2.23. The van der Waals surface area contributed by atoms with Crippen molar-refractivity contribution < 1.29 is 9.21 Å². The summed E-state index contributed by atoms with van der Waals surface area (Å²) >= 11 is 6.16. The zero-order chi connectivity index (χ0) is 16.2. The second-order valence-corrected chi connectivity index (χ2v) is 6.15. The molecule has 0 aliphatic carbocycles. The van der Waals surface area contributed by atoms with Crippen molar-refractivity contribution in [3.05, 3.63) is 41.4 Å². The van der Waals surface area contributed by atoms with Gasteiger partial charge in [0.25, 0.3) is 0 Å². The predicted octanol–water partition coefficient (Wildman–Crippen LogP) is 2.75. The molecule has 5 nitrogen and oxygen atoms in total. The van der Waals surface area contributed by atoms with Crippen LogP contribution in [0.15, 0.2) is 34.9 Å². The van der Waals surface area contributed by atoms with Crippen molar-refractivity contribution in [3.63, 3.8) is 0 Å². The number of carbonyl (C=O) groups excluding carboxylic acids is 1. The summed E-state index contributed by atoms with van der Waals surface area (Å²) in [5, 5.41) is 3.91. The number of oxazole rings is 1. The van der Waals surface area contributed by atoms with Crippen molar-refractivity contribution in [1.82, 2.24) is 15.2 Å². The summed E-state index contributed by atoms with van der Waals surface area (Å²) in [6.07, 6.45) is 2.57. The molecule has 2 heterocycles. The fourth-order valence-electron chi connectivity index (χ4n) is 2.78. The summed E-state index contributed by atoms with van der Waals surface area (Å²) in [4.78, 5) is 18.5. The van der Waals surface area contributed by atoms with E-state index < -0.39 is 0 Å². The number of aromatic nitrogens is 1. The van der Waals surface area contributed by atoms with Gasteiger partial charge in [0.1, 0.15) is 0 Å². The van der Waals surface area contributed by atoms with E-state index in [9.17, 15) is 4.79 Å². The highest BCUT2D eigenvalue weighted by Crippen LogP contribution is 2.28. The zero-order valence-corrected chi connectivity index (χ0v) is 13.8. The highest BCUT2D eigenvalue weighted by molar-refractivity contribution is 6.33. The van der Waals surface area contributed by atoms with Crippen LogP contribution in [-0.2, 0) is 11.2 Å². The fraction of sp³-hybridized carbons (Fsp3) is 0.412. The number of hydrogen-bond donors (Lipinski definition) is 1. The molecule has 1 atom stereocenters. The van der Waals surface area contributed by atoms with E-state index in [-0.39, 0.29) is 11.9 Å². The van der Waals surface area contributed by atoms with Gasteiger partial charge in [-0.2, -0.15) is 0 Å². The molecule has 0 bridgehead atoms. The van der Waals surface area contributed by atoms with Crippen LogP contribution in [0, 0.1) is 0 Å². The van der Waals surface area contributed by atoms with E-state index in [1.54, 1.807) is 6.20 Å². The van der Waals surface area contributed by atoms with Crippen molar-refractivity contribution >= 4 is 17.5 Å². The number of amides is 1. The molecule has 1 saturated heterocycles. The van der Waals surface area contributed by atoms with Crippen molar-refractivity contribution in [2.75, 3.05) is 19.6 Å². The maximum Gasteiger partial charge on any atom is 0.223 e. The Morgan fingerprint density at radius 1 is 1.48 bits per heavy atom. The molecule has 1 aliphatic heterocycles. The number of benzene rings is 1. The Hall–Kier alpha value is -1.85. The van der Waals surface area contributed by atoms with Gasteiger partial charge in [-0.05, 0) is 19.1 Å². The quantitative estimate of drug-likeness (QED) is 0.934. The van der Waals surface area contributed by atoms with Crippen LogP contribution in [0.1, 0.15) is 19.2 Å². The second kappa shape index (κ2) is 7.15. The molecule has 2 aromatic rings. The fourth-order valence-corrected chi connectivity index (χ4v) is 3.01. The molecule has 0 saturated carbocycles. The molecule has 1 amide bonds. The van der Waals surface area contributed by atoms with Gasteiger partial charge < -0.3 is 14.6 Å². The van der Waals surface area contributed by atoms with Gasteiger partial charge in [0, 0.05) is 44.1 Å². The summed E-state index contributed by atoms with van der Waals surface area (Å²) in [5.41, 5.74) is 0.815. The van der Waals surface area contributed by atoms with Gasteiger partial charge in [0.05, 0.1) is 11.2 Å². The lowest BCUT2D eigenvalue weighted by Crippen LogP contribution is -2.52. The number of carbonyl (C=O) groups is 1. The Bertz CT molecular complexity index is 686. The number of halogens is 1. The Morgan fingerprint density at radius 2 is 2.30 bits per heavy atom. The third-order valence-corrected chi connectivity index (χ3v) is 4.40. The van der Waals surface area contributed by atoms with Gasteiger partial charge >= 0.3 is 0 Å². The topological polar surface area (TPSA) is 58.4 Å². The van der Waals surface area contributed by atoms with Crippen LogP contribution in [0.5, 0.6) is 0 Å². The molecular formula is C17H20ClN3O2. The molecule has 6 heteroatoms. The van der Waals surface area contributed by atoms with E-state index in [1.165, 1.54) is 0 Å². The van der Waals surface area contributed by atoms with Gasteiger partial charge in [0.2, 0.25) is 5.91 Å². The first-order valence-corrected chi connectivity index (χ1v) is 8.22. The summed E-state index contributed by atoms with van der Waals surface area (Å²) in [5.74, 6) is 1.35. The molecule has 1 aromatic heterocycles. The Labute approximate surface area is 140 Å². The van der Waals surface area contributed by atoms with Crippen LogP contribution in [0.3, 0.4) is 0 Å². The van der Waals surface area contributed by atoms with Crippen molar-refractivity contribution in [2.45, 2.75) is 25.8 Å². The Balaban J connectivity index is 1.61. The maximum atomic E-state index is 12.3. The minimum absolute atomic E-state index is 0.150. The standard InChI is InChI=1S/C17H20ClN3O2/c1-12-10-19-8-9-21(12)17(22)7-6-16-20-11-15(23-16)13-4-2-3-5-14(13)18/h2-5,11-12,19H,6-10H2,1H3. The molecule has 122 valence electrons. The largest absolute Gasteiger partial charge is 0.441 e. The van der Waals surface area contributed by atoms with E-state index in [2.05, 4.69) is 17.2 Å². The van der Waals surface area contributed by atoms with Crippen LogP contribution in [0.4, 0.5) is 0 Å². The van der Waals surface area contributed by atoms with Crippen molar-refractivity contribution in [2.24, 2.45) is 0 Å². The Morgan fingerprint density at radius 3 is 3.09 bits per heavy atom. The summed E-state index contributed by atoms with van der Waals surface area (Å²) < 4.78 is 5.74. The van der Waals surface area contributed by atoms with Crippen molar-refractivity contribution in [3.8, 4) is 11.3 Å². The molecule has 3 rings (SSSR count). The predicted molar refractivity (Wildman–Crippen MR) is 89.3 cm³/mol. The molecule has 1 N–H and O–H groups in total. The van der Waals surface area contributed by atoms with Crippen LogP contribution >= 0.6 is 11.6 Å². The zero-order valence-electron chi connectivity index (χ0n) is 13.1. The lowest BCUT2D eigenvalue weighted by atomic mass is 10.2. The maximum absolute atomic E-state index is 12.3. The lowest BCUT2D eigenvalue weighted by Gasteiger charge is -2.34. The van der Waals surface area contributed by atoms with Crippen LogP contribution < -0.4 is 5.32 Å². The van der Waals surface area contributed by atoms with Gasteiger partial charge in [-0.15, -0.1) is 0 Å². The minimum atomic E-state index is 0.150. The third-order valence-electron chi connectivity index (χ3n) is 4.07. The van der Waals surface area contributed by atoms with E-state index in [4.69, 9.17) is 16.0 Å². The molecule has 0 spiro atoms. The number of hydrogen-bond acceptors (Lipinski definition) is 4. The average molecular weight is 334 g/mol. The van der Waals surface area contributed by atoms with E-state index in [0.717, 1.165) is 25.2 Å². The normalized spacial score (nSPS) is 18.2. The van der Waals surface area contributed by atoms with Crippen LogP contribution in [0.2, 0.25) is 5.02 Å². The molecule has 1 aromatic carbocycles. The van der Waals surface area contributed by atoms with Gasteiger partial charge in [-0.1, -0.05) is 23.7 Å². The number of rotatable bonds is 4. The second-order valence-electron chi connectivity index (χ2n) is 5.74. The summed E-state index contributed by atoms with van der Waals surface area (Å²) in [7, 11) is 0. The molecule has 1 aliphatic rings. The van der Waals surface area contributed by atoms with Gasteiger partial charge in [-0.25, -0.2) is 4.98 Å². The lowest BCUT2D eigenvalue weighted by molar-refractivity contribution is -0.134. The van der Waals surface area contributed by atoms with E-state index >= 15 is 0 Å². The SMILES string of the molecule is CC1CNCCN1C(=O)CCc1ncc(-c2ccccc2Cl)o1. The van der Waals surface area contributed by atoms with E-state index in [1.807, 2.05) is 29.2 Å². The molecule has 1 fully saturated rings. The monoisotopic (exact) mass is 333 g/mol. The average Bonchev–Trinajstić information content (AvgIpc) is 3.02. The molecule has 1 unspecified atom stereocenters. The van der Waals surface area contributed by atoms with Crippen molar-refractivity contribution in [1.29, 1.82) is 0 Å². The summed E-state index contributed by atoms with van der Waals surface area (Å²) in [6, 6.07) is 7.71. The number of nitrogens with zero attached hydrogens (tertiary/aromatic N) is 2. The van der Waals surface area contributed by atoms with E-state index in [0.29, 0.717) is 29.5 Å².